The molecule has 5 heteroatoms. The van der Waals surface area contributed by atoms with E-state index in [1.807, 2.05) is 0 Å². The molecule has 1 aliphatic rings. The monoisotopic (exact) mass is 222 g/mol. The molecule has 0 aromatic heterocycles. The minimum atomic E-state index is -1.43. The second kappa shape index (κ2) is 5.34. The van der Waals surface area contributed by atoms with Crippen molar-refractivity contribution in [3.05, 3.63) is 24.3 Å². The topological polar surface area (TPSA) is 58.9 Å². The molecule has 86 valence electrons. The number of hydrogen-bond donors (Lipinski definition) is 2. The molecule has 0 amide bonds. The molecule has 1 fully saturated rings. The summed E-state index contributed by atoms with van der Waals surface area (Å²) in [7, 11) is -1.43. The van der Waals surface area contributed by atoms with Crippen molar-refractivity contribution in [3.63, 3.8) is 0 Å². The molecule has 0 spiro atoms. The van der Waals surface area contributed by atoms with Gasteiger partial charge >= 0.3 is 7.12 Å². The zero-order chi connectivity index (χ0) is 11.4. The summed E-state index contributed by atoms with van der Waals surface area (Å²) in [6.45, 7) is 1.02. The van der Waals surface area contributed by atoms with Crippen LogP contribution in [0.5, 0.6) is 5.75 Å². The molecule has 0 aliphatic heterocycles. The zero-order valence-corrected chi connectivity index (χ0v) is 9.00. The average Bonchev–Trinajstić information content (AvgIpc) is 3.09. The highest BCUT2D eigenvalue weighted by molar-refractivity contribution is 6.58. The van der Waals surface area contributed by atoms with E-state index in [4.69, 9.17) is 19.5 Å². The van der Waals surface area contributed by atoms with Crippen molar-refractivity contribution < 1.29 is 19.5 Å². The number of hydrogen-bond acceptors (Lipinski definition) is 4. The van der Waals surface area contributed by atoms with Crippen molar-refractivity contribution in [2.24, 2.45) is 5.92 Å². The first-order valence-corrected chi connectivity index (χ1v) is 5.42. The molecule has 2 rings (SSSR count). The van der Waals surface area contributed by atoms with Crippen LogP contribution in [-0.4, -0.2) is 30.6 Å². The first kappa shape index (κ1) is 11.5. The van der Waals surface area contributed by atoms with Crippen LogP contribution in [0.3, 0.4) is 0 Å². The number of ether oxygens (including phenoxy) is 2. The number of rotatable bonds is 6. The van der Waals surface area contributed by atoms with Gasteiger partial charge in [0, 0.05) is 0 Å². The smallest absolute Gasteiger partial charge is 0.468 e. The van der Waals surface area contributed by atoms with Gasteiger partial charge in [-0.15, -0.1) is 0 Å². The largest absolute Gasteiger partial charge is 0.488 e. The van der Waals surface area contributed by atoms with Crippen LogP contribution in [0.1, 0.15) is 12.8 Å². The molecule has 0 unspecified atom stereocenters. The van der Waals surface area contributed by atoms with Crippen LogP contribution < -0.4 is 10.2 Å². The van der Waals surface area contributed by atoms with E-state index in [0.717, 1.165) is 12.5 Å². The maximum atomic E-state index is 8.89. The lowest BCUT2D eigenvalue weighted by molar-refractivity contribution is 0.00999. The lowest BCUT2D eigenvalue weighted by atomic mass is 9.80. The molecule has 2 N–H and O–H groups in total. The van der Waals surface area contributed by atoms with E-state index < -0.39 is 7.12 Å². The fraction of sp³-hybridized carbons (Fsp3) is 0.455. The van der Waals surface area contributed by atoms with Gasteiger partial charge in [0.15, 0.2) is 6.79 Å². The fourth-order valence-corrected chi connectivity index (χ4v) is 1.35. The van der Waals surface area contributed by atoms with E-state index in [-0.39, 0.29) is 6.79 Å². The summed E-state index contributed by atoms with van der Waals surface area (Å²) in [5.41, 5.74) is 0.450. The molecule has 0 heterocycles. The fourth-order valence-electron chi connectivity index (χ4n) is 1.35. The van der Waals surface area contributed by atoms with Gasteiger partial charge < -0.3 is 19.5 Å². The minimum Gasteiger partial charge on any atom is -0.468 e. The molecule has 1 aromatic carbocycles. The Morgan fingerprint density at radius 2 is 1.88 bits per heavy atom. The maximum Gasteiger partial charge on any atom is 0.488 e. The highest BCUT2D eigenvalue weighted by atomic mass is 16.7. The summed E-state index contributed by atoms with van der Waals surface area (Å²) in [6, 6.07) is 6.60. The van der Waals surface area contributed by atoms with Crippen LogP contribution >= 0.6 is 0 Å². The van der Waals surface area contributed by atoms with Gasteiger partial charge in [-0.2, -0.15) is 0 Å². The van der Waals surface area contributed by atoms with Crippen LogP contribution in [0, 0.1) is 5.92 Å². The van der Waals surface area contributed by atoms with E-state index in [9.17, 15) is 0 Å². The third-order valence-corrected chi connectivity index (χ3v) is 2.54. The Morgan fingerprint density at radius 1 is 1.19 bits per heavy atom. The Balaban J connectivity index is 1.71. The average molecular weight is 222 g/mol. The van der Waals surface area contributed by atoms with Crippen LogP contribution in [0.2, 0.25) is 0 Å². The van der Waals surface area contributed by atoms with E-state index in [0.29, 0.717) is 11.2 Å². The SMILES string of the molecule is OB(O)c1ccc(OCOCC2CC2)cc1. The molecule has 1 saturated carbocycles. The third kappa shape index (κ3) is 3.52. The highest BCUT2D eigenvalue weighted by Gasteiger charge is 2.21. The van der Waals surface area contributed by atoms with Crippen molar-refractivity contribution in [1.82, 2.24) is 0 Å². The summed E-state index contributed by atoms with van der Waals surface area (Å²) in [4.78, 5) is 0. The first-order valence-electron chi connectivity index (χ1n) is 5.42. The van der Waals surface area contributed by atoms with Gasteiger partial charge in [-0.3, -0.25) is 0 Å². The predicted octanol–water partition coefficient (Wildman–Crippen LogP) is 0.129. The maximum absolute atomic E-state index is 8.89. The summed E-state index contributed by atoms with van der Waals surface area (Å²) in [6.07, 6.45) is 2.53. The van der Waals surface area contributed by atoms with Gasteiger partial charge in [-0.25, -0.2) is 0 Å². The van der Waals surface area contributed by atoms with Crippen LogP contribution in [0.15, 0.2) is 24.3 Å². The molecule has 1 aromatic rings. The van der Waals surface area contributed by atoms with Gasteiger partial charge in [0.1, 0.15) is 5.75 Å². The molecule has 4 nitrogen and oxygen atoms in total. The van der Waals surface area contributed by atoms with E-state index in [2.05, 4.69) is 0 Å². The summed E-state index contributed by atoms with van der Waals surface area (Å²) < 4.78 is 10.7. The molecule has 16 heavy (non-hydrogen) atoms. The number of benzene rings is 1. The van der Waals surface area contributed by atoms with Gasteiger partial charge in [0.2, 0.25) is 0 Å². The van der Waals surface area contributed by atoms with Crippen molar-refractivity contribution in [1.29, 1.82) is 0 Å². The normalized spacial score (nSPS) is 14.9. The summed E-state index contributed by atoms with van der Waals surface area (Å²) >= 11 is 0. The van der Waals surface area contributed by atoms with Crippen molar-refractivity contribution in [2.45, 2.75) is 12.8 Å². The lowest BCUT2D eigenvalue weighted by Crippen LogP contribution is -2.29. The molecular weight excluding hydrogens is 207 g/mol. The van der Waals surface area contributed by atoms with Crippen LogP contribution in [0.25, 0.3) is 0 Å². The van der Waals surface area contributed by atoms with Crippen LogP contribution in [0.4, 0.5) is 0 Å². The minimum absolute atomic E-state index is 0.248. The van der Waals surface area contributed by atoms with Crippen LogP contribution in [-0.2, 0) is 4.74 Å². The van der Waals surface area contributed by atoms with E-state index >= 15 is 0 Å². The molecule has 0 atom stereocenters. The second-order valence-corrected chi connectivity index (χ2v) is 4.02. The Labute approximate surface area is 95.0 Å². The third-order valence-electron chi connectivity index (χ3n) is 2.54. The van der Waals surface area contributed by atoms with Crippen molar-refractivity contribution in [3.8, 4) is 5.75 Å². The van der Waals surface area contributed by atoms with Crippen molar-refractivity contribution >= 4 is 12.6 Å². The molecular formula is C11H15BO4. The zero-order valence-electron chi connectivity index (χ0n) is 9.00. The Kier molecular flexibility index (Phi) is 3.82. The van der Waals surface area contributed by atoms with Gasteiger partial charge in [-0.05, 0) is 36.4 Å². The predicted molar refractivity (Wildman–Crippen MR) is 60.4 cm³/mol. The quantitative estimate of drug-likeness (QED) is 0.408. The summed E-state index contributed by atoms with van der Waals surface area (Å²) in [5, 5.41) is 17.8. The standard InChI is InChI=1S/C11H15BO4/c13-12(14)10-3-5-11(6-4-10)16-8-15-7-9-1-2-9/h3-6,9,13-14H,1-2,7-8H2. The van der Waals surface area contributed by atoms with Gasteiger partial charge in [-0.1, -0.05) is 12.1 Å². The Hall–Kier alpha value is -1.04. The molecule has 0 bridgehead atoms. The highest BCUT2D eigenvalue weighted by Crippen LogP contribution is 2.28. The second-order valence-electron chi connectivity index (χ2n) is 4.02. The summed E-state index contributed by atoms with van der Waals surface area (Å²) in [5.74, 6) is 1.40. The van der Waals surface area contributed by atoms with E-state index in [1.54, 1.807) is 24.3 Å². The van der Waals surface area contributed by atoms with Gasteiger partial charge in [0.05, 0.1) is 6.61 Å². The molecule has 0 radical (unpaired) electrons. The Morgan fingerprint density at radius 3 is 2.44 bits per heavy atom. The van der Waals surface area contributed by atoms with Crippen molar-refractivity contribution in [2.75, 3.05) is 13.4 Å². The van der Waals surface area contributed by atoms with E-state index in [1.165, 1.54) is 12.8 Å². The molecule has 0 saturated heterocycles. The van der Waals surface area contributed by atoms with Gasteiger partial charge in [0.25, 0.3) is 0 Å². The molecule has 1 aliphatic carbocycles. The Bertz CT molecular complexity index is 321. The first-order chi connectivity index (χ1) is 7.75. The lowest BCUT2D eigenvalue weighted by Gasteiger charge is -2.07.